The molecule has 0 spiro atoms. The van der Waals surface area contributed by atoms with Gasteiger partial charge in [0.2, 0.25) is 10.0 Å². The van der Waals surface area contributed by atoms with Crippen LogP contribution in [0.2, 0.25) is 0 Å². The van der Waals surface area contributed by atoms with Crippen LogP contribution in [0.1, 0.15) is 32.6 Å². The summed E-state index contributed by atoms with van der Waals surface area (Å²) in [6.45, 7) is 2.21. The van der Waals surface area contributed by atoms with Crippen LogP contribution in [0.15, 0.2) is 17.3 Å². The maximum absolute atomic E-state index is 12.2. The monoisotopic (exact) mass is 335 g/mol. The first kappa shape index (κ1) is 14.0. The molecule has 1 aliphatic rings. The van der Waals surface area contributed by atoms with E-state index in [1.165, 1.54) is 12.4 Å². The quantitative estimate of drug-likeness (QED) is 0.826. The van der Waals surface area contributed by atoms with Gasteiger partial charge in [-0.2, -0.15) is 5.10 Å². The number of rotatable bonds is 4. The lowest BCUT2D eigenvalue weighted by molar-refractivity contribution is 0.250. The van der Waals surface area contributed by atoms with E-state index in [0.717, 1.165) is 25.7 Å². The van der Waals surface area contributed by atoms with Crippen molar-refractivity contribution in [3.63, 3.8) is 0 Å². The first-order valence-corrected chi connectivity index (χ1v) is 8.67. The molecular formula is C11H18BrN3O2S. The van der Waals surface area contributed by atoms with Crippen LogP contribution < -0.4 is 4.72 Å². The van der Waals surface area contributed by atoms with E-state index in [0.29, 0.717) is 11.2 Å². The standard InChI is InChI=1S/C11H18BrN3O2S/c1-9-2-4-11(8-12,5-3-9)15-18(16,17)10-6-13-14-7-10/h6-7,9,15H,2-5,8H2,1H3,(H,13,14). The Kier molecular flexibility index (Phi) is 4.13. The number of nitrogens with one attached hydrogen (secondary N) is 2. The maximum Gasteiger partial charge on any atom is 0.244 e. The molecule has 2 N–H and O–H groups in total. The lowest BCUT2D eigenvalue weighted by Crippen LogP contribution is -2.51. The second-order valence-electron chi connectivity index (χ2n) is 5.14. The summed E-state index contributed by atoms with van der Waals surface area (Å²) in [7, 11) is -3.48. The zero-order valence-corrected chi connectivity index (χ0v) is 12.7. The Morgan fingerprint density at radius 1 is 1.56 bits per heavy atom. The molecule has 0 aromatic carbocycles. The largest absolute Gasteiger partial charge is 0.284 e. The van der Waals surface area contributed by atoms with Crippen molar-refractivity contribution in [1.29, 1.82) is 0 Å². The highest BCUT2D eigenvalue weighted by atomic mass is 79.9. The summed E-state index contributed by atoms with van der Waals surface area (Å²) in [5.74, 6) is 0.676. The third-order valence-electron chi connectivity index (χ3n) is 3.62. The first-order chi connectivity index (χ1) is 8.47. The van der Waals surface area contributed by atoms with E-state index < -0.39 is 10.0 Å². The van der Waals surface area contributed by atoms with Gasteiger partial charge in [0.15, 0.2) is 0 Å². The van der Waals surface area contributed by atoms with Gasteiger partial charge < -0.3 is 0 Å². The normalized spacial score (nSPS) is 29.3. The molecular weight excluding hydrogens is 318 g/mol. The Hall–Kier alpha value is -0.400. The van der Waals surface area contributed by atoms with Crippen LogP contribution in [-0.4, -0.2) is 29.5 Å². The summed E-state index contributed by atoms with van der Waals surface area (Å²) in [4.78, 5) is 0.196. The van der Waals surface area contributed by atoms with Crippen LogP contribution in [0, 0.1) is 5.92 Å². The molecule has 1 fully saturated rings. The molecule has 18 heavy (non-hydrogen) atoms. The van der Waals surface area contributed by atoms with Crippen molar-refractivity contribution in [3.05, 3.63) is 12.4 Å². The number of hydrogen-bond acceptors (Lipinski definition) is 3. The van der Waals surface area contributed by atoms with Crippen molar-refractivity contribution in [1.82, 2.24) is 14.9 Å². The summed E-state index contributed by atoms with van der Waals surface area (Å²) >= 11 is 3.45. The minimum absolute atomic E-state index is 0.196. The van der Waals surface area contributed by atoms with E-state index in [9.17, 15) is 8.42 Å². The van der Waals surface area contributed by atoms with Crippen LogP contribution >= 0.6 is 15.9 Å². The van der Waals surface area contributed by atoms with Crippen LogP contribution in [0.25, 0.3) is 0 Å². The van der Waals surface area contributed by atoms with Crippen molar-refractivity contribution in [2.45, 2.75) is 43.0 Å². The number of nitrogens with zero attached hydrogens (tertiary/aromatic N) is 1. The minimum Gasteiger partial charge on any atom is -0.284 e. The summed E-state index contributed by atoms with van der Waals surface area (Å²) < 4.78 is 27.3. The SMILES string of the molecule is CC1CCC(CBr)(NS(=O)(=O)c2cn[nH]c2)CC1. The molecule has 0 atom stereocenters. The van der Waals surface area contributed by atoms with E-state index >= 15 is 0 Å². The predicted octanol–water partition coefficient (Wildman–Crippen LogP) is 2.03. The Morgan fingerprint density at radius 2 is 2.22 bits per heavy atom. The zero-order valence-electron chi connectivity index (χ0n) is 10.3. The van der Waals surface area contributed by atoms with Crippen LogP contribution in [-0.2, 0) is 10.0 Å². The van der Waals surface area contributed by atoms with Gasteiger partial charge in [0.1, 0.15) is 4.90 Å². The Morgan fingerprint density at radius 3 is 2.72 bits per heavy atom. The lowest BCUT2D eigenvalue weighted by Gasteiger charge is -2.38. The van der Waals surface area contributed by atoms with E-state index in [2.05, 4.69) is 37.8 Å². The van der Waals surface area contributed by atoms with Gasteiger partial charge in [0.25, 0.3) is 0 Å². The third kappa shape index (κ3) is 2.95. The molecule has 2 rings (SSSR count). The van der Waals surface area contributed by atoms with Crippen molar-refractivity contribution in [2.75, 3.05) is 5.33 Å². The van der Waals surface area contributed by atoms with Gasteiger partial charge in [-0.25, -0.2) is 13.1 Å². The van der Waals surface area contributed by atoms with E-state index in [1.54, 1.807) is 0 Å². The van der Waals surface area contributed by atoms with Gasteiger partial charge in [0, 0.05) is 17.1 Å². The fourth-order valence-electron chi connectivity index (χ4n) is 2.31. The van der Waals surface area contributed by atoms with Gasteiger partial charge >= 0.3 is 0 Å². The molecule has 1 aromatic rings. The number of hydrogen-bond donors (Lipinski definition) is 2. The molecule has 0 bridgehead atoms. The van der Waals surface area contributed by atoms with Crippen molar-refractivity contribution < 1.29 is 8.42 Å². The Bertz CT molecular complexity index is 478. The molecule has 1 saturated carbocycles. The highest BCUT2D eigenvalue weighted by Gasteiger charge is 2.37. The fourth-order valence-corrected chi connectivity index (χ4v) is 4.56. The first-order valence-electron chi connectivity index (χ1n) is 6.06. The van der Waals surface area contributed by atoms with Crippen molar-refractivity contribution in [3.8, 4) is 0 Å². The van der Waals surface area contributed by atoms with Crippen molar-refractivity contribution >= 4 is 26.0 Å². The van der Waals surface area contributed by atoms with E-state index in [-0.39, 0.29) is 10.4 Å². The van der Waals surface area contributed by atoms with Crippen LogP contribution in [0.4, 0.5) is 0 Å². The smallest absolute Gasteiger partial charge is 0.244 e. The van der Waals surface area contributed by atoms with Gasteiger partial charge in [-0.3, -0.25) is 5.10 Å². The van der Waals surface area contributed by atoms with Crippen LogP contribution in [0.3, 0.4) is 0 Å². The molecule has 1 aromatic heterocycles. The highest BCUT2D eigenvalue weighted by molar-refractivity contribution is 9.09. The Balaban J connectivity index is 2.16. The fraction of sp³-hybridized carbons (Fsp3) is 0.727. The molecule has 0 saturated heterocycles. The zero-order chi connectivity index (χ0) is 13.2. The number of alkyl halides is 1. The molecule has 1 heterocycles. The molecule has 1 aliphatic carbocycles. The number of sulfonamides is 1. The second kappa shape index (κ2) is 5.30. The molecule has 7 heteroatoms. The number of halogens is 1. The minimum atomic E-state index is -3.48. The van der Waals surface area contributed by atoms with Gasteiger partial charge in [-0.05, 0) is 31.6 Å². The van der Waals surface area contributed by atoms with Crippen LogP contribution in [0.5, 0.6) is 0 Å². The maximum atomic E-state index is 12.2. The molecule has 102 valence electrons. The Labute approximate surface area is 116 Å². The van der Waals surface area contributed by atoms with E-state index in [1.807, 2.05) is 0 Å². The average Bonchev–Trinajstić information content (AvgIpc) is 2.87. The highest BCUT2D eigenvalue weighted by Crippen LogP contribution is 2.34. The van der Waals surface area contributed by atoms with Crippen molar-refractivity contribution in [2.24, 2.45) is 5.92 Å². The van der Waals surface area contributed by atoms with Gasteiger partial charge in [0.05, 0.1) is 6.20 Å². The number of aromatic amines is 1. The number of aromatic nitrogens is 2. The lowest BCUT2D eigenvalue weighted by atomic mass is 9.79. The van der Waals surface area contributed by atoms with Gasteiger partial charge in [-0.1, -0.05) is 22.9 Å². The molecule has 0 amide bonds. The predicted molar refractivity (Wildman–Crippen MR) is 73.1 cm³/mol. The second-order valence-corrected chi connectivity index (χ2v) is 7.38. The van der Waals surface area contributed by atoms with E-state index in [4.69, 9.17) is 0 Å². The summed E-state index contributed by atoms with van der Waals surface area (Å²) in [5.41, 5.74) is -0.359. The third-order valence-corrected chi connectivity index (χ3v) is 6.24. The molecule has 0 unspecified atom stereocenters. The number of H-pyrrole nitrogens is 1. The average molecular weight is 336 g/mol. The molecule has 5 nitrogen and oxygen atoms in total. The topological polar surface area (TPSA) is 74.8 Å². The molecule has 0 radical (unpaired) electrons. The summed E-state index contributed by atoms with van der Waals surface area (Å²) in [6, 6.07) is 0. The summed E-state index contributed by atoms with van der Waals surface area (Å²) in [5, 5.41) is 6.86. The summed E-state index contributed by atoms with van der Waals surface area (Å²) in [6.07, 6.45) is 6.58. The van der Waals surface area contributed by atoms with Gasteiger partial charge in [-0.15, -0.1) is 0 Å². The molecule has 0 aliphatic heterocycles.